The first-order chi connectivity index (χ1) is 12.8. The van der Waals surface area contributed by atoms with Gasteiger partial charge in [0.05, 0.1) is 30.5 Å². The largest absolute Gasteiger partial charge is 0.379 e. The number of aromatic nitrogens is 3. The van der Waals surface area contributed by atoms with E-state index in [4.69, 9.17) is 9.47 Å². The number of hydrogen-bond acceptors (Lipinski definition) is 5. The average Bonchev–Trinajstić information content (AvgIpc) is 3.16. The number of ether oxygens (including phenoxy) is 2. The average molecular weight is 352 g/mol. The van der Waals surface area contributed by atoms with Crippen LogP contribution in [0.4, 0.5) is 0 Å². The molecule has 0 radical (unpaired) electrons. The van der Waals surface area contributed by atoms with Gasteiger partial charge in [0, 0.05) is 31.4 Å². The minimum absolute atomic E-state index is 0.0987. The smallest absolute Gasteiger partial charge is 0.253 e. The number of carbonyl (C=O) groups excluding carboxylic acids is 1. The third kappa shape index (κ3) is 3.74. The summed E-state index contributed by atoms with van der Waals surface area (Å²) in [7, 11) is 0. The third-order valence-electron chi connectivity index (χ3n) is 4.44. The Balaban J connectivity index is 1.41. The van der Waals surface area contributed by atoms with Crippen LogP contribution in [-0.4, -0.2) is 45.6 Å². The van der Waals surface area contributed by atoms with Crippen LogP contribution in [0.1, 0.15) is 22.5 Å². The molecule has 0 saturated carbocycles. The molecule has 0 aliphatic carbocycles. The monoisotopic (exact) mass is 352 g/mol. The van der Waals surface area contributed by atoms with Crippen molar-refractivity contribution in [3.05, 3.63) is 66.4 Å². The Morgan fingerprint density at radius 1 is 1.27 bits per heavy atom. The number of rotatable bonds is 5. The molecule has 4 heterocycles. The summed E-state index contributed by atoms with van der Waals surface area (Å²) < 4.78 is 13.3. The van der Waals surface area contributed by atoms with Crippen LogP contribution in [0.2, 0.25) is 0 Å². The minimum Gasteiger partial charge on any atom is -0.379 e. The lowest BCUT2D eigenvalue weighted by Gasteiger charge is -2.32. The number of hydrogen-bond donors (Lipinski definition) is 1. The molecule has 2 atom stereocenters. The molecule has 0 bridgehead atoms. The van der Waals surface area contributed by atoms with E-state index in [2.05, 4.69) is 15.3 Å². The Labute approximate surface area is 151 Å². The van der Waals surface area contributed by atoms with E-state index in [0.29, 0.717) is 31.8 Å². The number of carbonyl (C=O) groups is 1. The molecule has 1 aliphatic heterocycles. The van der Waals surface area contributed by atoms with Crippen LogP contribution < -0.4 is 5.32 Å². The molecule has 1 N–H and O–H groups in total. The molecule has 134 valence electrons. The van der Waals surface area contributed by atoms with Crippen LogP contribution in [0.3, 0.4) is 0 Å². The van der Waals surface area contributed by atoms with E-state index in [0.717, 1.165) is 11.3 Å². The highest BCUT2D eigenvalue weighted by Gasteiger charge is 2.28. The highest BCUT2D eigenvalue weighted by Crippen LogP contribution is 2.14. The fourth-order valence-corrected chi connectivity index (χ4v) is 3.02. The quantitative estimate of drug-likeness (QED) is 0.758. The fourth-order valence-electron chi connectivity index (χ4n) is 3.02. The van der Waals surface area contributed by atoms with Crippen molar-refractivity contribution in [2.24, 2.45) is 0 Å². The predicted octanol–water partition coefficient (Wildman–Crippen LogP) is 1.83. The van der Waals surface area contributed by atoms with Crippen LogP contribution in [-0.2, 0) is 16.1 Å². The zero-order chi connectivity index (χ0) is 17.8. The fraction of sp³-hybridized carbons (Fsp3) is 0.316. The van der Waals surface area contributed by atoms with Crippen molar-refractivity contribution in [1.29, 1.82) is 0 Å². The van der Waals surface area contributed by atoms with Crippen LogP contribution >= 0.6 is 0 Å². The van der Waals surface area contributed by atoms with Crippen molar-refractivity contribution in [3.8, 4) is 0 Å². The van der Waals surface area contributed by atoms with Crippen molar-refractivity contribution in [2.75, 3.05) is 13.2 Å². The maximum Gasteiger partial charge on any atom is 0.253 e. The molecule has 1 fully saturated rings. The van der Waals surface area contributed by atoms with E-state index in [-0.39, 0.29) is 18.1 Å². The van der Waals surface area contributed by atoms with Crippen molar-refractivity contribution < 1.29 is 14.3 Å². The molecule has 3 aromatic rings. The van der Waals surface area contributed by atoms with Gasteiger partial charge in [0.15, 0.2) is 0 Å². The molecular weight excluding hydrogens is 332 g/mol. The second kappa shape index (κ2) is 7.63. The Bertz CT molecular complexity index is 881. The van der Waals surface area contributed by atoms with Crippen molar-refractivity contribution in [2.45, 2.75) is 25.2 Å². The number of pyridine rings is 2. The standard InChI is InChI=1S/C19H20N4O3/c24-19(14-4-5-18-21-8-9-23(18)11-14)22-16-6-10-25-13-17(16)26-12-15-3-1-2-7-20-15/h1-5,7-9,11,16-17H,6,10,12-13H2,(H,22,24)/t16-,17-/m1/s1. The first kappa shape index (κ1) is 16.7. The molecule has 0 aromatic carbocycles. The zero-order valence-corrected chi connectivity index (χ0v) is 14.2. The summed E-state index contributed by atoms with van der Waals surface area (Å²) in [5.74, 6) is -0.126. The van der Waals surface area contributed by atoms with Gasteiger partial charge in [0.2, 0.25) is 0 Å². The lowest BCUT2D eigenvalue weighted by Crippen LogP contribution is -2.50. The second-order valence-electron chi connectivity index (χ2n) is 6.22. The number of nitrogens with zero attached hydrogens (tertiary/aromatic N) is 3. The van der Waals surface area contributed by atoms with Gasteiger partial charge in [-0.15, -0.1) is 0 Å². The van der Waals surface area contributed by atoms with Crippen LogP contribution in [0.5, 0.6) is 0 Å². The summed E-state index contributed by atoms with van der Waals surface area (Å²) >= 11 is 0. The first-order valence-electron chi connectivity index (χ1n) is 8.62. The maximum atomic E-state index is 12.6. The van der Waals surface area contributed by atoms with Crippen LogP contribution in [0.15, 0.2) is 55.1 Å². The van der Waals surface area contributed by atoms with Gasteiger partial charge in [-0.25, -0.2) is 4.98 Å². The molecule has 1 aliphatic rings. The molecule has 1 saturated heterocycles. The van der Waals surface area contributed by atoms with E-state index in [1.165, 1.54) is 0 Å². The molecular formula is C19H20N4O3. The van der Waals surface area contributed by atoms with E-state index in [1.54, 1.807) is 24.7 Å². The summed E-state index contributed by atoms with van der Waals surface area (Å²) in [5, 5.41) is 3.08. The van der Waals surface area contributed by atoms with Crippen LogP contribution in [0, 0.1) is 0 Å². The molecule has 0 unspecified atom stereocenters. The van der Waals surface area contributed by atoms with Gasteiger partial charge in [-0.05, 0) is 30.7 Å². The molecule has 3 aromatic heterocycles. The van der Waals surface area contributed by atoms with Crippen molar-refractivity contribution in [1.82, 2.24) is 19.7 Å². The normalized spacial score (nSPS) is 20.2. The van der Waals surface area contributed by atoms with Gasteiger partial charge >= 0.3 is 0 Å². The molecule has 7 nitrogen and oxygen atoms in total. The van der Waals surface area contributed by atoms with Gasteiger partial charge in [-0.1, -0.05) is 6.07 Å². The number of imidazole rings is 1. The molecule has 26 heavy (non-hydrogen) atoms. The minimum atomic E-state index is -0.202. The van der Waals surface area contributed by atoms with Crippen LogP contribution in [0.25, 0.3) is 5.65 Å². The number of nitrogens with one attached hydrogen (secondary N) is 1. The number of fused-ring (bicyclic) bond motifs is 1. The predicted molar refractivity (Wildman–Crippen MR) is 94.7 cm³/mol. The molecule has 1 amide bonds. The van der Waals surface area contributed by atoms with Crippen molar-refractivity contribution >= 4 is 11.6 Å². The highest BCUT2D eigenvalue weighted by molar-refractivity contribution is 5.94. The van der Waals surface area contributed by atoms with Gasteiger partial charge in [-0.3, -0.25) is 9.78 Å². The third-order valence-corrected chi connectivity index (χ3v) is 4.44. The lowest BCUT2D eigenvalue weighted by atomic mass is 10.1. The molecule has 0 spiro atoms. The van der Waals surface area contributed by atoms with Crippen molar-refractivity contribution in [3.63, 3.8) is 0 Å². The summed E-state index contributed by atoms with van der Waals surface area (Å²) in [6.07, 6.45) is 7.55. The van der Waals surface area contributed by atoms with E-state index in [1.807, 2.05) is 34.9 Å². The van der Waals surface area contributed by atoms with E-state index in [9.17, 15) is 4.79 Å². The maximum absolute atomic E-state index is 12.6. The summed E-state index contributed by atoms with van der Waals surface area (Å²) in [5.41, 5.74) is 2.25. The topological polar surface area (TPSA) is 77.8 Å². The SMILES string of the molecule is O=C(N[C@@H]1CCOC[C@H]1OCc1ccccn1)c1ccc2nccn2c1. The summed E-state index contributed by atoms with van der Waals surface area (Å²) in [6, 6.07) is 9.22. The van der Waals surface area contributed by atoms with Gasteiger partial charge in [-0.2, -0.15) is 0 Å². The molecule has 4 rings (SSSR count). The lowest BCUT2D eigenvalue weighted by molar-refractivity contribution is -0.0743. The second-order valence-corrected chi connectivity index (χ2v) is 6.22. The van der Waals surface area contributed by atoms with Gasteiger partial charge in [0.1, 0.15) is 11.8 Å². The Morgan fingerprint density at radius 3 is 3.12 bits per heavy atom. The summed E-state index contributed by atoms with van der Waals surface area (Å²) in [6.45, 7) is 1.45. The summed E-state index contributed by atoms with van der Waals surface area (Å²) in [4.78, 5) is 21.1. The first-order valence-corrected chi connectivity index (χ1v) is 8.62. The Kier molecular flexibility index (Phi) is 4.90. The zero-order valence-electron chi connectivity index (χ0n) is 14.2. The number of amides is 1. The van der Waals surface area contributed by atoms with Gasteiger partial charge in [0.25, 0.3) is 5.91 Å². The van der Waals surface area contributed by atoms with E-state index < -0.39 is 0 Å². The highest BCUT2D eigenvalue weighted by atomic mass is 16.5. The Morgan fingerprint density at radius 2 is 2.23 bits per heavy atom. The Hall–Kier alpha value is -2.77. The van der Waals surface area contributed by atoms with E-state index >= 15 is 0 Å². The molecule has 7 heteroatoms. The van der Waals surface area contributed by atoms with Gasteiger partial charge < -0.3 is 19.2 Å².